The van der Waals surface area contributed by atoms with Gasteiger partial charge in [0.2, 0.25) is 0 Å². The van der Waals surface area contributed by atoms with E-state index in [0.29, 0.717) is 11.5 Å². The molecule has 1 N–H and O–H groups in total. The van der Waals surface area contributed by atoms with Crippen molar-refractivity contribution in [1.82, 2.24) is 19.6 Å². The minimum Gasteiger partial charge on any atom is -0.369 e. The van der Waals surface area contributed by atoms with E-state index in [1.165, 1.54) is 0 Å². The third-order valence-corrected chi connectivity index (χ3v) is 4.08. The Morgan fingerprint density at radius 2 is 2.05 bits per heavy atom. The number of aryl methyl sites for hydroxylation is 1. The van der Waals surface area contributed by atoms with E-state index in [0.717, 1.165) is 36.7 Å². The van der Waals surface area contributed by atoms with Crippen LogP contribution in [0.25, 0.3) is 5.78 Å². The minimum atomic E-state index is -4.57. The summed E-state index contributed by atoms with van der Waals surface area (Å²) in [6.07, 6.45) is -0.0242. The molecular formula is C14H18F3N5. The van der Waals surface area contributed by atoms with Crippen molar-refractivity contribution in [3.05, 3.63) is 17.6 Å². The van der Waals surface area contributed by atoms with Gasteiger partial charge in [-0.15, -0.1) is 5.10 Å². The zero-order chi connectivity index (χ0) is 16.0. The highest BCUT2D eigenvalue weighted by Crippen LogP contribution is 2.49. The van der Waals surface area contributed by atoms with Crippen LogP contribution in [-0.4, -0.2) is 26.1 Å². The van der Waals surface area contributed by atoms with Gasteiger partial charge in [0, 0.05) is 18.3 Å². The molecule has 1 aliphatic carbocycles. The van der Waals surface area contributed by atoms with Gasteiger partial charge in [0.25, 0.3) is 11.6 Å². The van der Waals surface area contributed by atoms with Crippen LogP contribution in [0.15, 0.2) is 6.07 Å². The minimum absolute atomic E-state index is 0.0323. The van der Waals surface area contributed by atoms with Gasteiger partial charge >= 0.3 is 6.18 Å². The number of nitrogens with one attached hydrogen (secondary N) is 1. The van der Waals surface area contributed by atoms with Gasteiger partial charge in [-0.1, -0.05) is 13.3 Å². The lowest BCUT2D eigenvalue weighted by Crippen LogP contribution is -2.17. The molecule has 0 bridgehead atoms. The molecule has 22 heavy (non-hydrogen) atoms. The fourth-order valence-electron chi connectivity index (χ4n) is 2.73. The summed E-state index contributed by atoms with van der Waals surface area (Å²) >= 11 is 0. The lowest BCUT2D eigenvalue weighted by molar-refractivity contribution is -0.144. The molecule has 2 aromatic heterocycles. The van der Waals surface area contributed by atoms with Crippen molar-refractivity contribution in [2.75, 3.05) is 11.9 Å². The second kappa shape index (κ2) is 5.10. The van der Waals surface area contributed by atoms with E-state index in [1.54, 1.807) is 13.0 Å². The zero-order valence-corrected chi connectivity index (χ0v) is 12.5. The van der Waals surface area contributed by atoms with Crippen LogP contribution in [0.5, 0.6) is 0 Å². The maximum Gasteiger partial charge on any atom is 0.453 e. The van der Waals surface area contributed by atoms with Gasteiger partial charge in [0.15, 0.2) is 0 Å². The predicted molar refractivity (Wildman–Crippen MR) is 75.6 cm³/mol. The van der Waals surface area contributed by atoms with Crippen LogP contribution in [0.4, 0.5) is 19.0 Å². The van der Waals surface area contributed by atoms with Crippen LogP contribution in [0, 0.1) is 12.3 Å². The summed E-state index contributed by atoms with van der Waals surface area (Å²) in [4.78, 5) is 7.49. The van der Waals surface area contributed by atoms with Crippen LogP contribution < -0.4 is 5.32 Å². The number of alkyl halides is 3. The van der Waals surface area contributed by atoms with Gasteiger partial charge in [-0.05, 0) is 31.6 Å². The molecule has 0 radical (unpaired) electrons. The second-order valence-corrected chi connectivity index (χ2v) is 6.03. The molecule has 2 heterocycles. The molecule has 0 saturated heterocycles. The maximum atomic E-state index is 12.8. The molecular weight excluding hydrogens is 295 g/mol. The SMILES string of the molecule is CCCC1(CNc2cc(C)nc3nc(C(F)(F)F)nn23)CC1. The molecule has 3 rings (SSSR count). The monoisotopic (exact) mass is 313 g/mol. The summed E-state index contributed by atoms with van der Waals surface area (Å²) in [7, 11) is 0. The fraction of sp³-hybridized carbons (Fsp3) is 0.643. The molecule has 1 fully saturated rings. The average molecular weight is 313 g/mol. The number of nitrogens with zero attached hydrogens (tertiary/aromatic N) is 4. The summed E-state index contributed by atoms with van der Waals surface area (Å²) in [5, 5.41) is 6.78. The van der Waals surface area contributed by atoms with E-state index in [-0.39, 0.29) is 11.2 Å². The smallest absolute Gasteiger partial charge is 0.369 e. The Morgan fingerprint density at radius 1 is 1.32 bits per heavy atom. The van der Waals surface area contributed by atoms with Crippen molar-refractivity contribution in [3.8, 4) is 0 Å². The first-order chi connectivity index (χ1) is 10.3. The maximum absolute atomic E-state index is 12.8. The first kappa shape index (κ1) is 15.1. The molecule has 0 aliphatic heterocycles. The first-order valence-corrected chi connectivity index (χ1v) is 7.38. The molecule has 1 saturated carbocycles. The van der Waals surface area contributed by atoms with E-state index in [1.807, 2.05) is 0 Å². The Kier molecular flexibility index (Phi) is 3.49. The molecule has 8 heteroatoms. The lowest BCUT2D eigenvalue weighted by atomic mass is 10.0. The highest BCUT2D eigenvalue weighted by molar-refractivity contribution is 5.45. The Hall–Kier alpha value is -1.86. The normalized spacial score (nSPS) is 17.0. The van der Waals surface area contributed by atoms with Crippen LogP contribution >= 0.6 is 0 Å². The van der Waals surface area contributed by atoms with Gasteiger partial charge in [0.05, 0.1) is 0 Å². The number of aromatic nitrogens is 4. The van der Waals surface area contributed by atoms with E-state index < -0.39 is 12.0 Å². The van der Waals surface area contributed by atoms with Crippen molar-refractivity contribution in [3.63, 3.8) is 0 Å². The molecule has 2 aromatic rings. The third kappa shape index (κ3) is 2.86. The third-order valence-electron chi connectivity index (χ3n) is 4.08. The van der Waals surface area contributed by atoms with E-state index in [4.69, 9.17) is 0 Å². The van der Waals surface area contributed by atoms with Crippen LogP contribution in [0.2, 0.25) is 0 Å². The number of hydrogen-bond acceptors (Lipinski definition) is 4. The molecule has 0 aromatic carbocycles. The van der Waals surface area contributed by atoms with Crippen LogP contribution in [-0.2, 0) is 6.18 Å². The summed E-state index contributed by atoms with van der Waals surface area (Å²) in [5.74, 6) is -0.689. The highest BCUT2D eigenvalue weighted by atomic mass is 19.4. The van der Waals surface area contributed by atoms with Crippen molar-refractivity contribution < 1.29 is 13.2 Å². The number of anilines is 1. The van der Waals surface area contributed by atoms with Gasteiger partial charge in [-0.25, -0.2) is 4.98 Å². The lowest BCUT2D eigenvalue weighted by Gasteiger charge is -2.16. The Labute approximate surface area is 126 Å². The summed E-state index contributed by atoms with van der Waals surface area (Å²) in [6.45, 7) is 4.61. The van der Waals surface area contributed by atoms with Crippen molar-refractivity contribution in [2.45, 2.75) is 45.7 Å². The highest BCUT2D eigenvalue weighted by Gasteiger charge is 2.41. The Morgan fingerprint density at radius 3 is 2.64 bits per heavy atom. The van der Waals surface area contributed by atoms with Crippen molar-refractivity contribution in [2.24, 2.45) is 5.41 Å². The first-order valence-electron chi connectivity index (χ1n) is 7.38. The van der Waals surface area contributed by atoms with Gasteiger partial charge in [-0.2, -0.15) is 22.7 Å². The van der Waals surface area contributed by atoms with Gasteiger partial charge in [-0.3, -0.25) is 0 Å². The Balaban J connectivity index is 1.90. The summed E-state index contributed by atoms with van der Waals surface area (Å²) < 4.78 is 39.4. The quantitative estimate of drug-likeness (QED) is 0.918. The van der Waals surface area contributed by atoms with Gasteiger partial charge in [0.1, 0.15) is 5.82 Å². The van der Waals surface area contributed by atoms with Crippen molar-refractivity contribution >= 4 is 11.6 Å². The Bertz CT molecular complexity index is 688. The standard InChI is InChI=1S/C14H18F3N5/c1-3-4-13(5-6-13)8-18-10-7-9(2)19-12-20-11(14(15,16)17)21-22(10)12/h7,18H,3-6,8H2,1-2H3. The molecule has 0 atom stereocenters. The van der Waals surface area contributed by atoms with Crippen LogP contribution in [0.1, 0.15) is 44.1 Å². The number of rotatable bonds is 5. The molecule has 0 amide bonds. The zero-order valence-electron chi connectivity index (χ0n) is 12.5. The molecule has 0 spiro atoms. The number of hydrogen-bond donors (Lipinski definition) is 1. The average Bonchev–Trinajstić information content (AvgIpc) is 3.03. The fourth-order valence-corrected chi connectivity index (χ4v) is 2.73. The van der Waals surface area contributed by atoms with E-state index >= 15 is 0 Å². The van der Waals surface area contributed by atoms with E-state index in [9.17, 15) is 13.2 Å². The van der Waals surface area contributed by atoms with Crippen LogP contribution in [0.3, 0.4) is 0 Å². The molecule has 0 unspecified atom stereocenters. The predicted octanol–water partition coefficient (Wildman–Crippen LogP) is 3.44. The summed E-state index contributed by atoms with van der Waals surface area (Å²) in [5.41, 5.74) is 0.891. The van der Waals surface area contributed by atoms with E-state index in [2.05, 4.69) is 27.3 Å². The number of fused-ring (bicyclic) bond motifs is 1. The largest absolute Gasteiger partial charge is 0.453 e. The molecule has 5 nitrogen and oxygen atoms in total. The number of halogens is 3. The van der Waals surface area contributed by atoms with Crippen molar-refractivity contribution in [1.29, 1.82) is 0 Å². The second-order valence-electron chi connectivity index (χ2n) is 6.03. The summed E-state index contributed by atoms with van der Waals surface area (Å²) in [6, 6.07) is 1.70. The van der Waals surface area contributed by atoms with Gasteiger partial charge < -0.3 is 5.32 Å². The molecule has 120 valence electrons. The molecule has 1 aliphatic rings. The topological polar surface area (TPSA) is 55.1 Å².